The number of hydrogen-bond acceptors (Lipinski definition) is 5. The van der Waals surface area contributed by atoms with Gasteiger partial charge in [0.05, 0.1) is 24.7 Å². The van der Waals surface area contributed by atoms with Gasteiger partial charge in [-0.25, -0.2) is 0 Å². The second-order valence-electron chi connectivity index (χ2n) is 12.1. The summed E-state index contributed by atoms with van der Waals surface area (Å²) in [5, 5.41) is 34.5. The van der Waals surface area contributed by atoms with Gasteiger partial charge < -0.3 is 25.4 Å². The molecule has 0 spiro atoms. The number of amides is 1. The summed E-state index contributed by atoms with van der Waals surface area (Å²) in [5.74, 6) is 1.31. The number of hydrogen-bond donors (Lipinski definition) is 3. The van der Waals surface area contributed by atoms with Gasteiger partial charge in [0, 0.05) is 6.42 Å². The molecule has 6 nitrogen and oxygen atoms in total. The van der Waals surface area contributed by atoms with Crippen LogP contribution in [0.25, 0.3) is 0 Å². The van der Waals surface area contributed by atoms with E-state index in [0.717, 1.165) is 51.4 Å². The van der Waals surface area contributed by atoms with Gasteiger partial charge in [-0.15, -0.1) is 0 Å². The molecule has 0 saturated heterocycles. The number of nitrogens with one attached hydrogen (secondary N) is 1. The van der Waals surface area contributed by atoms with Crippen LogP contribution in [0.15, 0.2) is 0 Å². The predicted octanol–water partition coefficient (Wildman–Crippen LogP) is -0.737. The van der Waals surface area contributed by atoms with Crippen LogP contribution >= 0.6 is 0 Å². The van der Waals surface area contributed by atoms with Crippen molar-refractivity contribution >= 4 is 11.9 Å². The van der Waals surface area contributed by atoms with Crippen LogP contribution in [0.2, 0.25) is 0 Å². The first-order chi connectivity index (χ1) is 15.1. The number of aliphatic carboxylic acids is 1. The Labute approximate surface area is 221 Å². The van der Waals surface area contributed by atoms with E-state index in [1.165, 1.54) is 6.42 Å². The van der Waals surface area contributed by atoms with Gasteiger partial charge in [0.1, 0.15) is 0 Å². The van der Waals surface area contributed by atoms with Crippen molar-refractivity contribution in [2.45, 2.75) is 97.2 Å². The maximum Gasteiger partial charge on any atom is 1.00 e. The largest absolute Gasteiger partial charge is 1.00 e. The molecule has 10 atom stereocenters. The molecule has 4 saturated carbocycles. The molecule has 0 aromatic carbocycles. The number of carboxylic acid groups (broad SMARTS) is 1. The van der Waals surface area contributed by atoms with Gasteiger partial charge in [-0.1, -0.05) is 20.8 Å². The Morgan fingerprint density at radius 1 is 1.03 bits per heavy atom. The first kappa shape index (κ1) is 27.4. The maximum absolute atomic E-state index is 12.0. The fourth-order valence-electron chi connectivity index (χ4n) is 8.99. The number of carboxylic acids is 1. The second-order valence-corrected chi connectivity index (χ2v) is 12.1. The fraction of sp³-hybridized carbons (Fsp3) is 0.923. The van der Waals surface area contributed by atoms with Crippen LogP contribution in [0, 0.1) is 46.3 Å². The minimum atomic E-state index is -1.26. The van der Waals surface area contributed by atoms with Gasteiger partial charge in [-0.05, 0) is 104 Å². The van der Waals surface area contributed by atoms with Gasteiger partial charge in [0.15, 0.2) is 0 Å². The summed E-state index contributed by atoms with van der Waals surface area (Å²) in [7, 11) is 0. The molecule has 182 valence electrons. The molecular formula is C26H42NNaO5. The Morgan fingerprint density at radius 3 is 2.39 bits per heavy atom. The van der Waals surface area contributed by atoms with E-state index < -0.39 is 12.5 Å². The quantitative estimate of drug-likeness (QED) is 0.442. The summed E-state index contributed by atoms with van der Waals surface area (Å²) in [6.07, 6.45) is 8.95. The minimum Gasteiger partial charge on any atom is -0.548 e. The summed E-state index contributed by atoms with van der Waals surface area (Å²) in [4.78, 5) is 22.6. The average Bonchev–Trinajstić information content (AvgIpc) is 3.09. The third-order valence-electron chi connectivity index (χ3n) is 10.7. The van der Waals surface area contributed by atoms with E-state index in [2.05, 4.69) is 26.1 Å². The maximum atomic E-state index is 12.0. The first-order valence-electron chi connectivity index (χ1n) is 12.9. The number of aliphatic hydroxyl groups is 2. The average molecular weight is 472 g/mol. The van der Waals surface area contributed by atoms with Crippen molar-refractivity contribution in [1.29, 1.82) is 0 Å². The smallest absolute Gasteiger partial charge is 0.548 e. The van der Waals surface area contributed by atoms with Crippen molar-refractivity contribution in [2.75, 3.05) is 6.54 Å². The summed E-state index contributed by atoms with van der Waals surface area (Å²) in [5.41, 5.74) is 0.436. The van der Waals surface area contributed by atoms with E-state index in [-0.39, 0.29) is 58.5 Å². The van der Waals surface area contributed by atoms with Crippen molar-refractivity contribution in [3.63, 3.8) is 0 Å². The number of carbonyl (C=O) groups is 2. The van der Waals surface area contributed by atoms with E-state index >= 15 is 0 Å². The molecule has 0 bridgehead atoms. The van der Waals surface area contributed by atoms with Gasteiger partial charge in [0.25, 0.3) is 0 Å². The standard InChI is InChI=1S/C26H43NO5.Na/c1-15(4-7-22(30)27-14-23(31)32)18-5-6-19-24-20(9-11-26(18,19)3)25(2)10-8-17(28)12-16(25)13-21(24)29;/h15-21,24,28-29H,4-14H2,1-3H3,(H,27,30)(H,31,32);/q;+1/p-1. The molecule has 0 aliphatic heterocycles. The Bertz CT molecular complexity index is 733. The molecule has 4 fully saturated rings. The number of carbonyl (C=O) groups excluding carboxylic acids is 2. The molecule has 4 aliphatic rings. The molecule has 0 radical (unpaired) electrons. The zero-order valence-corrected chi connectivity index (χ0v) is 23.0. The topological polar surface area (TPSA) is 110 Å². The van der Waals surface area contributed by atoms with Crippen LogP contribution < -0.4 is 40.0 Å². The van der Waals surface area contributed by atoms with Crippen LogP contribution in [0.3, 0.4) is 0 Å². The van der Waals surface area contributed by atoms with Crippen LogP contribution in [-0.2, 0) is 9.59 Å². The molecule has 0 heterocycles. The van der Waals surface area contributed by atoms with Crippen molar-refractivity contribution in [1.82, 2.24) is 5.32 Å². The summed E-state index contributed by atoms with van der Waals surface area (Å²) < 4.78 is 0. The summed E-state index contributed by atoms with van der Waals surface area (Å²) >= 11 is 0. The summed E-state index contributed by atoms with van der Waals surface area (Å²) in [6.45, 7) is 6.70. The number of aliphatic hydroxyl groups excluding tert-OH is 2. The zero-order chi connectivity index (χ0) is 23.3. The number of fused-ring (bicyclic) bond motifs is 5. The van der Waals surface area contributed by atoms with Crippen LogP contribution in [0.5, 0.6) is 0 Å². The second kappa shape index (κ2) is 10.5. The normalized spacial score (nSPS) is 45.1. The Hall–Kier alpha value is -0.140. The third kappa shape index (κ3) is 5.07. The van der Waals surface area contributed by atoms with Gasteiger partial charge >= 0.3 is 29.6 Å². The van der Waals surface area contributed by atoms with E-state index in [4.69, 9.17) is 0 Å². The Balaban J connectivity index is 0.00000306. The SMILES string of the molecule is CC(CCC(=O)NCC(=O)[O-])C1CCC2C3C(O)CC4CC(O)CCC4(C)C3CCC12C.[Na+]. The third-order valence-corrected chi connectivity index (χ3v) is 10.7. The Kier molecular flexibility index (Phi) is 8.70. The minimum absolute atomic E-state index is 0. The molecule has 4 aliphatic carbocycles. The van der Waals surface area contributed by atoms with E-state index in [1.807, 2.05) is 0 Å². The van der Waals surface area contributed by atoms with Gasteiger partial charge in [-0.2, -0.15) is 0 Å². The molecule has 1 amide bonds. The van der Waals surface area contributed by atoms with Crippen LogP contribution in [-0.4, -0.2) is 40.8 Å². The molecule has 33 heavy (non-hydrogen) atoms. The molecule has 7 heteroatoms. The van der Waals surface area contributed by atoms with Gasteiger partial charge in [-0.3, -0.25) is 4.79 Å². The van der Waals surface area contributed by atoms with E-state index in [9.17, 15) is 24.9 Å². The van der Waals surface area contributed by atoms with Crippen molar-refractivity contribution < 1.29 is 54.5 Å². The first-order valence-corrected chi connectivity index (χ1v) is 12.9. The molecular weight excluding hydrogens is 429 g/mol. The van der Waals surface area contributed by atoms with Crippen LogP contribution in [0.1, 0.15) is 85.0 Å². The van der Waals surface area contributed by atoms with Gasteiger partial charge in [0.2, 0.25) is 5.91 Å². The van der Waals surface area contributed by atoms with Crippen molar-refractivity contribution in [2.24, 2.45) is 46.3 Å². The summed E-state index contributed by atoms with van der Waals surface area (Å²) in [6, 6.07) is 0. The fourth-order valence-corrected chi connectivity index (χ4v) is 8.99. The molecule has 3 N–H and O–H groups in total. The number of rotatable bonds is 6. The molecule has 0 aromatic heterocycles. The predicted molar refractivity (Wildman–Crippen MR) is 119 cm³/mol. The Morgan fingerprint density at radius 2 is 1.70 bits per heavy atom. The monoisotopic (exact) mass is 471 g/mol. The van der Waals surface area contributed by atoms with E-state index in [1.54, 1.807) is 0 Å². The van der Waals surface area contributed by atoms with Crippen molar-refractivity contribution in [3.8, 4) is 0 Å². The molecule has 0 aromatic rings. The molecule has 10 unspecified atom stereocenters. The zero-order valence-electron chi connectivity index (χ0n) is 21.0. The van der Waals surface area contributed by atoms with Crippen LogP contribution in [0.4, 0.5) is 0 Å². The molecule has 4 rings (SSSR count). The van der Waals surface area contributed by atoms with E-state index in [0.29, 0.717) is 41.9 Å². The van der Waals surface area contributed by atoms with Crippen molar-refractivity contribution in [3.05, 3.63) is 0 Å².